The zero-order chi connectivity index (χ0) is 23.5. The summed E-state index contributed by atoms with van der Waals surface area (Å²) in [7, 11) is 0. The minimum absolute atomic E-state index is 0.0165. The zero-order valence-electron chi connectivity index (χ0n) is 16.1. The van der Waals surface area contributed by atoms with Crippen LogP contribution in [0, 0.1) is 23.3 Å². The van der Waals surface area contributed by atoms with Crippen LogP contribution in [0.3, 0.4) is 0 Å². The number of aromatic nitrogens is 2. The number of anilines is 3. The van der Waals surface area contributed by atoms with Crippen molar-refractivity contribution in [3.8, 4) is 17.0 Å². The zero-order valence-corrected chi connectivity index (χ0v) is 16.1. The lowest BCUT2D eigenvalue weighted by atomic mass is 10.1. The van der Waals surface area contributed by atoms with E-state index in [-0.39, 0.29) is 29.1 Å². The highest BCUT2D eigenvalue weighted by molar-refractivity contribution is 5.66. The van der Waals surface area contributed by atoms with Crippen LogP contribution >= 0.6 is 0 Å². The molecule has 0 atom stereocenters. The van der Waals surface area contributed by atoms with Crippen molar-refractivity contribution in [3.63, 3.8) is 0 Å². The molecule has 0 saturated carbocycles. The van der Waals surface area contributed by atoms with Gasteiger partial charge in [-0.3, -0.25) is 10.9 Å². The summed E-state index contributed by atoms with van der Waals surface area (Å²) in [4.78, 5) is 8.16. The molecule has 0 aliphatic rings. The van der Waals surface area contributed by atoms with Crippen molar-refractivity contribution in [2.75, 3.05) is 22.7 Å². The summed E-state index contributed by atoms with van der Waals surface area (Å²) < 4.78 is 95.8. The molecule has 2 aromatic carbocycles. The van der Waals surface area contributed by atoms with Crippen molar-refractivity contribution in [3.05, 3.63) is 59.7 Å². The number of hydrogen-bond acceptors (Lipinski definition) is 6. The first kappa shape index (κ1) is 22.9. The molecule has 13 heteroatoms. The van der Waals surface area contributed by atoms with E-state index in [2.05, 4.69) is 25.4 Å². The van der Waals surface area contributed by atoms with Crippen LogP contribution in [0.1, 0.15) is 6.92 Å². The maximum Gasteiger partial charge on any atom is 0.573 e. The topological polar surface area (TPSA) is 71.1 Å². The summed E-state index contributed by atoms with van der Waals surface area (Å²) in [5.41, 5.74) is 3.47. The first-order valence-electron chi connectivity index (χ1n) is 8.91. The van der Waals surface area contributed by atoms with Crippen molar-refractivity contribution < 1.29 is 35.5 Å². The van der Waals surface area contributed by atoms with Gasteiger partial charge in [0, 0.05) is 24.2 Å². The Morgan fingerprint density at radius 3 is 2.22 bits per heavy atom. The third kappa shape index (κ3) is 5.47. The minimum atomic E-state index is -4.90. The molecule has 0 fully saturated rings. The molecule has 3 aromatic rings. The Morgan fingerprint density at radius 2 is 1.59 bits per heavy atom. The molecule has 1 heterocycles. The fourth-order valence-electron chi connectivity index (χ4n) is 2.56. The first-order valence-corrected chi connectivity index (χ1v) is 8.91. The second-order valence-electron chi connectivity index (χ2n) is 6.16. The molecule has 6 nitrogen and oxygen atoms in total. The minimum Gasteiger partial charge on any atom is -0.406 e. The van der Waals surface area contributed by atoms with Crippen LogP contribution in [0.25, 0.3) is 11.3 Å². The van der Waals surface area contributed by atoms with Gasteiger partial charge in [-0.1, -0.05) is 12.1 Å². The van der Waals surface area contributed by atoms with Crippen LogP contribution in [0.15, 0.2) is 36.4 Å². The smallest absolute Gasteiger partial charge is 0.406 e. The van der Waals surface area contributed by atoms with Gasteiger partial charge in [-0.15, -0.1) is 13.2 Å². The molecular formula is C19H14F7N5O. The average molecular weight is 461 g/mol. The van der Waals surface area contributed by atoms with Crippen LogP contribution in [0.4, 0.5) is 48.2 Å². The Hall–Kier alpha value is -3.77. The maximum atomic E-state index is 13.8. The molecule has 0 saturated heterocycles. The van der Waals surface area contributed by atoms with E-state index in [0.29, 0.717) is 6.54 Å². The number of benzene rings is 2. The fraction of sp³-hybridized carbons (Fsp3) is 0.158. The Kier molecular flexibility index (Phi) is 6.55. The molecule has 32 heavy (non-hydrogen) atoms. The van der Waals surface area contributed by atoms with Gasteiger partial charge in [0.15, 0.2) is 29.1 Å². The fourth-order valence-corrected chi connectivity index (χ4v) is 2.56. The van der Waals surface area contributed by atoms with Crippen molar-refractivity contribution in [1.29, 1.82) is 0 Å². The number of ether oxygens (including phenoxy) is 1. The largest absolute Gasteiger partial charge is 0.573 e. The lowest BCUT2D eigenvalue weighted by molar-refractivity contribution is -0.274. The number of nitrogens with one attached hydrogen (secondary N) is 3. The SMILES string of the molecule is CCNc1nc(NNc2c(F)c(F)cc(F)c2F)cc(-c2cccc(OC(F)(F)F)c2)n1. The van der Waals surface area contributed by atoms with Gasteiger partial charge < -0.3 is 10.1 Å². The number of halogens is 7. The number of hydrogen-bond donors (Lipinski definition) is 3. The van der Waals surface area contributed by atoms with E-state index in [9.17, 15) is 30.7 Å². The van der Waals surface area contributed by atoms with E-state index in [1.54, 1.807) is 6.92 Å². The van der Waals surface area contributed by atoms with E-state index >= 15 is 0 Å². The highest BCUT2D eigenvalue weighted by Gasteiger charge is 2.31. The molecular weight excluding hydrogens is 447 g/mol. The molecule has 3 rings (SSSR count). The summed E-state index contributed by atoms with van der Waals surface area (Å²) in [5, 5.41) is 2.78. The van der Waals surface area contributed by atoms with Crippen molar-refractivity contribution in [1.82, 2.24) is 9.97 Å². The Labute approximate surface area is 176 Å². The van der Waals surface area contributed by atoms with Gasteiger partial charge in [0.25, 0.3) is 0 Å². The van der Waals surface area contributed by atoms with Gasteiger partial charge in [-0.05, 0) is 19.1 Å². The molecule has 0 amide bonds. The van der Waals surface area contributed by atoms with E-state index in [1.807, 2.05) is 5.43 Å². The van der Waals surface area contributed by atoms with E-state index in [4.69, 9.17) is 0 Å². The summed E-state index contributed by atoms with van der Waals surface area (Å²) in [6, 6.07) is 6.19. The highest BCUT2D eigenvalue weighted by atomic mass is 19.4. The Bertz CT molecular complexity index is 1100. The number of alkyl halides is 3. The van der Waals surface area contributed by atoms with Gasteiger partial charge in [-0.2, -0.15) is 4.98 Å². The molecule has 0 radical (unpaired) electrons. The van der Waals surface area contributed by atoms with Gasteiger partial charge in [0.1, 0.15) is 11.4 Å². The molecule has 0 bridgehead atoms. The Morgan fingerprint density at radius 1 is 0.906 bits per heavy atom. The van der Waals surface area contributed by atoms with Crippen LogP contribution in [0.2, 0.25) is 0 Å². The Balaban J connectivity index is 1.93. The first-order chi connectivity index (χ1) is 15.1. The summed E-state index contributed by atoms with van der Waals surface area (Å²) in [6.45, 7) is 2.09. The van der Waals surface area contributed by atoms with Crippen LogP contribution < -0.4 is 20.9 Å². The normalized spacial score (nSPS) is 11.2. The van der Waals surface area contributed by atoms with Crippen molar-refractivity contribution in [2.24, 2.45) is 0 Å². The molecule has 1 aromatic heterocycles. The average Bonchev–Trinajstić information content (AvgIpc) is 2.71. The van der Waals surface area contributed by atoms with Gasteiger partial charge in [0.2, 0.25) is 5.95 Å². The lowest BCUT2D eigenvalue weighted by Gasteiger charge is -2.14. The van der Waals surface area contributed by atoms with E-state index in [1.165, 1.54) is 18.2 Å². The maximum absolute atomic E-state index is 13.8. The standard InChI is InChI=1S/C19H14F7N5O/c1-2-27-18-28-13(9-4-3-5-10(6-9)32-19(24,25)26)8-14(29-18)30-31-17-15(22)11(20)7-12(21)16(17)23/h3-8,31H,2H2,1H3,(H2,27,28,29,30). The highest BCUT2D eigenvalue weighted by Crippen LogP contribution is 2.29. The number of rotatable bonds is 7. The second-order valence-corrected chi connectivity index (χ2v) is 6.16. The third-order valence-electron chi connectivity index (χ3n) is 3.85. The second kappa shape index (κ2) is 9.16. The van der Waals surface area contributed by atoms with E-state index in [0.717, 1.165) is 12.1 Å². The molecule has 0 unspecified atom stereocenters. The van der Waals surface area contributed by atoms with Crippen LogP contribution in [0.5, 0.6) is 5.75 Å². The molecule has 170 valence electrons. The molecule has 0 spiro atoms. The quantitative estimate of drug-likeness (QED) is 0.246. The lowest BCUT2D eigenvalue weighted by Crippen LogP contribution is -2.17. The van der Waals surface area contributed by atoms with E-state index < -0.39 is 41.1 Å². The van der Waals surface area contributed by atoms with Crippen LogP contribution in [-0.4, -0.2) is 22.9 Å². The molecule has 0 aliphatic carbocycles. The monoisotopic (exact) mass is 461 g/mol. The predicted molar refractivity (Wildman–Crippen MR) is 102 cm³/mol. The van der Waals surface area contributed by atoms with Gasteiger partial charge >= 0.3 is 6.36 Å². The van der Waals surface area contributed by atoms with Crippen LogP contribution in [-0.2, 0) is 0 Å². The summed E-state index contributed by atoms with van der Waals surface area (Å²) in [5.74, 6) is -7.17. The molecule has 0 aliphatic heterocycles. The predicted octanol–water partition coefficient (Wildman–Crippen LogP) is 5.47. The van der Waals surface area contributed by atoms with Crippen molar-refractivity contribution in [2.45, 2.75) is 13.3 Å². The van der Waals surface area contributed by atoms with Gasteiger partial charge in [-0.25, -0.2) is 22.5 Å². The molecule has 3 N–H and O–H groups in total. The number of hydrazine groups is 1. The summed E-state index contributed by atoms with van der Waals surface area (Å²) >= 11 is 0. The van der Waals surface area contributed by atoms with Crippen molar-refractivity contribution >= 4 is 17.5 Å². The van der Waals surface area contributed by atoms with Gasteiger partial charge in [0.05, 0.1) is 5.69 Å². The number of nitrogens with zero attached hydrogens (tertiary/aromatic N) is 2. The summed E-state index contributed by atoms with van der Waals surface area (Å²) in [6.07, 6.45) is -4.90. The third-order valence-corrected chi connectivity index (χ3v) is 3.85.